The molecule has 1 aromatic carbocycles. The molecule has 0 bridgehead atoms. The van der Waals surface area contributed by atoms with Crippen LogP contribution < -0.4 is 10.5 Å². The van der Waals surface area contributed by atoms with E-state index in [2.05, 4.69) is 28.3 Å². The van der Waals surface area contributed by atoms with Crippen molar-refractivity contribution in [3.05, 3.63) is 47.0 Å². The van der Waals surface area contributed by atoms with Gasteiger partial charge in [-0.2, -0.15) is 4.31 Å². The minimum atomic E-state index is -5.39. The Kier molecular flexibility index (Phi) is 9.50. The Balaban J connectivity index is 1.13. The second kappa shape index (κ2) is 12.9. The maximum atomic E-state index is 12.4. The van der Waals surface area contributed by atoms with E-state index in [0.717, 1.165) is 18.5 Å². The predicted octanol–water partition coefficient (Wildman–Crippen LogP) is -1.29. The van der Waals surface area contributed by atoms with Gasteiger partial charge in [-0.1, -0.05) is 0 Å². The van der Waals surface area contributed by atoms with Crippen molar-refractivity contribution in [1.82, 2.24) is 19.5 Å². The van der Waals surface area contributed by atoms with E-state index < -0.39 is 82.9 Å². The zero-order valence-electron chi connectivity index (χ0n) is 22.5. The normalized spacial score (nSPS) is 31.1. The molecule has 0 spiro atoms. The number of aromatic nitrogens is 4. The van der Waals surface area contributed by atoms with E-state index in [1.807, 2.05) is 0 Å². The van der Waals surface area contributed by atoms with Crippen LogP contribution in [0.2, 0.25) is 0 Å². The number of nitrogen functional groups attached to an aromatic ring is 1. The summed E-state index contributed by atoms with van der Waals surface area (Å²) in [5, 5.41) is 52.1. The Labute approximate surface area is 250 Å². The molecule has 8 N–H and O–H groups in total. The smallest absolute Gasteiger partial charge is 0.462 e. The molecule has 22 nitrogen and oxygen atoms in total. The average molecular weight is 680 g/mol. The van der Waals surface area contributed by atoms with Crippen molar-refractivity contribution in [3.8, 4) is 5.75 Å². The predicted molar refractivity (Wildman–Crippen MR) is 143 cm³/mol. The second-order valence-corrected chi connectivity index (χ2v) is 12.7. The minimum absolute atomic E-state index is 0.0280. The molecule has 2 aliphatic rings. The van der Waals surface area contributed by atoms with Crippen LogP contribution in [-0.2, 0) is 32.0 Å². The van der Waals surface area contributed by atoms with Crippen molar-refractivity contribution in [3.63, 3.8) is 0 Å². The highest BCUT2D eigenvalue weighted by molar-refractivity contribution is 7.61. The lowest BCUT2D eigenvalue weighted by atomic mass is 10.1. The molecule has 5 rings (SSSR count). The molecule has 246 valence electrons. The Morgan fingerprint density at radius 3 is 2.13 bits per heavy atom. The van der Waals surface area contributed by atoms with E-state index in [1.54, 1.807) is 0 Å². The van der Waals surface area contributed by atoms with Crippen molar-refractivity contribution in [1.29, 1.82) is 0 Å². The number of aliphatic hydroxyl groups excluding tert-OH is 4. The lowest BCUT2D eigenvalue weighted by molar-refractivity contribution is -0.384. The molecule has 0 radical (unpaired) electrons. The number of phosphoric acid groups is 2. The first-order valence-electron chi connectivity index (χ1n) is 12.7. The minimum Gasteiger partial charge on any atom is -0.462 e. The fraction of sp³-hybridized carbons (Fsp3) is 0.476. The molecular formula is C21H26N6O16P2. The third kappa shape index (κ3) is 7.28. The molecule has 24 heteroatoms. The maximum Gasteiger partial charge on any atom is 0.481 e. The largest absolute Gasteiger partial charge is 0.481 e. The lowest BCUT2D eigenvalue weighted by Crippen LogP contribution is -2.35. The monoisotopic (exact) mass is 680 g/mol. The van der Waals surface area contributed by atoms with Crippen LogP contribution >= 0.6 is 15.6 Å². The van der Waals surface area contributed by atoms with E-state index in [4.69, 9.17) is 19.9 Å². The van der Waals surface area contributed by atoms with Crippen LogP contribution in [0.15, 0.2) is 36.9 Å². The van der Waals surface area contributed by atoms with Gasteiger partial charge >= 0.3 is 15.6 Å². The van der Waals surface area contributed by atoms with Crippen LogP contribution in [0.25, 0.3) is 11.2 Å². The first-order valence-corrected chi connectivity index (χ1v) is 15.7. The molecular weight excluding hydrogens is 654 g/mol. The van der Waals surface area contributed by atoms with E-state index in [1.165, 1.54) is 23.0 Å². The van der Waals surface area contributed by atoms with Crippen molar-refractivity contribution in [2.45, 2.75) is 49.1 Å². The number of fused-ring (bicyclic) bond motifs is 1. The number of anilines is 1. The van der Waals surface area contributed by atoms with Gasteiger partial charge in [0.2, 0.25) is 6.29 Å². The van der Waals surface area contributed by atoms with Crippen LogP contribution in [-0.4, -0.2) is 111 Å². The Bertz CT molecular complexity index is 1630. The summed E-state index contributed by atoms with van der Waals surface area (Å²) < 4.78 is 55.7. The number of nitrogens with zero attached hydrogens (tertiary/aromatic N) is 5. The average Bonchev–Trinajstić information content (AvgIpc) is 3.61. The summed E-state index contributed by atoms with van der Waals surface area (Å²) in [5.41, 5.74) is 5.85. The Morgan fingerprint density at radius 1 is 0.911 bits per heavy atom. The molecule has 10 atom stereocenters. The quantitative estimate of drug-likeness (QED) is 0.0664. The highest BCUT2D eigenvalue weighted by Gasteiger charge is 2.48. The number of nitro benzene ring substituents is 1. The van der Waals surface area contributed by atoms with E-state index in [9.17, 15) is 49.5 Å². The molecule has 2 saturated heterocycles. The standard InChI is InChI=1S/C21H26N6O16P2/c22-18-13-19(24-7-23-18)26(8-25-13)20-16(30)14(28)11(41-20)5-38-44(34,35)43-45(36,37)39-6-12-15(29)17(31)21(42-12)40-10-3-1-9(2-4-10)27(32)33/h1-4,7-8,11-12,14-17,20-21,28-31H,5-6H2,(H,34,35)(H,36,37)(H2,22,23,24)/t11?,12?,14-,15-,16-,17-,20-,21?/m1/s1. The van der Waals surface area contributed by atoms with Crippen LogP contribution in [0.3, 0.4) is 0 Å². The maximum absolute atomic E-state index is 12.4. The summed E-state index contributed by atoms with van der Waals surface area (Å²) in [5.74, 6) is 0.0708. The molecule has 0 amide bonds. The number of rotatable bonds is 12. The fourth-order valence-corrected chi connectivity index (χ4v) is 6.49. The number of nitrogens with two attached hydrogens (primary N) is 1. The number of hydrogen-bond donors (Lipinski definition) is 7. The van der Waals surface area contributed by atoms with Gasteiger partial charge in [0.25, 0.3) is 5.69 Å². The number of phosphoric ester groups is 2. The van der Waals surface area contributed by atoms with Crippen molar-refractivity contribution < 1.29 is 71.8 Å². The Hall–Kier alpha value is -3.21. The van der Waals surface area contributed by atoms with Gasteiger partial charge in [-0.05, 0) is 12.1 Å². The number of ether oxygens (including phenoxy) is 3. The van der Waals surface area contributed by atoms with Gasteiger partial charge in [0.15, 0.2) is 17.7 Å². The van der Waals surface area contributed by atoms with E-state index in [0.29, 0.717) is 0 Å². The van der Waals surface area contributed by atoms with Crippen LogP contribution in [0, 0.1) is 10.1 Å². The van der Waals surface area contributed by atoms with Gasteiger partial charge in [0.1, 0.15) is 54.2 Å². The summed E-state index contributed by atoms with van der Waals surface area (Å²) in [6, 6.07) is 4.66. The summed E-state index contributed by atoms with van der Waals surface area (Å²) in [6.45, 7) is -1.86. The number of non-ortho nitro benzene ring substituents is 1. The lowest BCUT2D eigenvalue weighted by Gasteiger charge is -2.20. The summed E-state index contributed by atoms with van der Waals surface area (Å²) in [7, 11) is -10.8. The topological polar surface area (TPSA) is 324 Å². The molecule has 0 aliphatic carbocycles. The van der Waals surface area contributed by atoms with Gasteiger partial charge in [-0.3, -0.25) is 23.7 Å². The third-order valence-corrected chi connectivity index (χ3v) is 9.23. The fourth-order valence-electron chi connectivity index (χ4n) is 4.40. The molecule has 2 aromatic heterocycles. The van der Waals surface area contributed by atoms with Gasteiger partial charge in [0.05, 0.1) is 24.5 Å². The summed E-state index contributed by atoms with van der Waals surface area (Å²) >= 11 is 0. The summed E-state index contributed by atoms with van der Waals surface area (Å²) in [4.78, 5) is 41.9. The molecule has 5 unspecified atom stereocenters. The van der Waals surface area contributed by atoms with Gasteiger partial charge in [0, 0.05) is 12.1 Å². The number of hydrogen-bond acceptors (Lipinski definition) is 18. The van der Waals surface area contributed by atoms with Gasteiger partial charge in [-0.25, -0.2) is 24.1 Å². The molecule has 0 saturated carbocycles. The molecule has 2 aliphatic heterocycles. The van der Waals surface area contributed by atoms with Crippen LogP contribution in [0.5, 0.6) is 5.75 Å². The highest BCUT2D eigenvalue weighted by atomic mass is 31.3. The number of aliphatic hydroxyl groups is 4. The van der Waals surface area contributed by atoms with Gasteiger partial charge in [-0.15, -0.1) is 0 Å². The third-order valence-electron chi connectivity index (χ3n) is 6.63. The second-order valence-electron chi connectivity index (χ2n) is 9.63. The zero-order chi connectivity index (χ0) is 32.7. The Morgan fingerprint density at radius 2 is 1.51 bits per heavy atom. The van der Waals surface area contributed by atoms with E-state index in [-0.39, 0.29) is 28.4 Å². The SMILES string of the molecule is Nc1ncnc2c1ncn2[C@@H]1OC(COP(=O)(O)OP(=O)(O)OCC2OC(Oc3ccc([N+](=O)[O-])cc3)[C@H](O)[C@@H]2O)[C@@H](O)[C@H]1O. The summed E-state index contributed by atoms with van der Waals surface area (Å²) in [6.07, 6.45) is -10.1. The van der Waals surface area contributed by atoms with E-state index >= 15 is 0 Å². The number of nitro groups is 1. The van der Waals surface area contributed by atoms with Gasteiger partial charge < -0.3 is 50.2 Å². The highest BCUT2D eigenvalue weighted by Crippen LogP contribution is 2.60. The first-order chi connectivity index (χ1) is 21.2. The molecule has 45 heavy (non-hydrogen) atoms. The zero-order valence-corrected chi connectivity index (χ0v) is 24.3. The number of benzene rings is 1. The van der Waals surface area contributed by atoms with Crippen LogP contribution in [0.1, 0.15) is 6.23 Å². The van der Waals surface area contributed by atoms with Crippen molar-refractivity contribution in [2.24, 2.45) is 0 Å². The van der Waals surface area contributed by atoms with Crippen molar-refractivity contribution in [2.75, 3.05) is 18.9 Å². The molecule has 4 heterocycles. The molecule has 2 fully saturated rings. The number of imidazole rings is 1. The first kappa shape index (κ1) is 33.2. The molecule has 3 aromatic rings. The van der Waals surface area contributed by atoms with Crippen LogP contribution in [0.4, 0.5) is 11.5 Å². The van der Waals surface area contributed by atoms with Crippen molar-refractivity contribution >= 4 is 38.3 Å².